The molecule has 3 aromatic heterocycles. The molecule has 138 valence electrons. The van der Waals surface area contributed by atoms with Crippen molar-refractivity contribution in [3.8, 4) is 11.3 Å². The van der Waals surface area contributed by atoms with Crippen LogP contribution in [0.2, 0.25) is 0 Å². The number of H-pyrrole nitrogens is 2. The summed E-state index contributed by atoms with van der Waals surface area (Å²) in [5.74, 6) is 0.889. The van der Waals surface area contributed by atoms with Gasteiger partial charge >= 0.3 is 0 Å². The number of hydrogen-bond acceptors (Lipinski definition) is 3. The minimum atomic E-state index is 0.727. The number of fused-ring (bicyclic) bond motifs is 2. The number of hydrogen-bond donors (Lipinski definition) is 2. The lowest BCUT2D eigenvalue weighted by atomic mass is 10.1. The maximum absolute atomic E-state index is 4.64. The average molecular weight is 359 g/mol. The van der Waals surface area contributed by atoms with Crippen LogP contribution in [0.15, 0.2) is 36.5 Å². The maximum Gasteiger partial charge on any atom is 0.158 e. The number of nitrogens with one attached hydrogen (secondary N) is 2. The molecule has 27 heavy (non-hydrogen) atoms. The standard InChI is InChI=1S/C22H25N5/c1-14-24-21-17(10-11-23-22(21)25-14)20-12-18-15(6-5-9-19(18)26-20)13-27(2)16-7-3-4-8-16/h5-6,9-12,16,26H,3-4,7-8,13H2,1-2H3,(H,23,24,25). The second-order valence-corrected chi connectivity index (χ2v) is 7.79. The molecule has 1 fully saturated rings. The molecule has 1 aromatic carbocycles. The second-order valence-electron chi connectivity index (χ2n) is 7.79. The van der Waals surface area contributed by atoms with Crippen LogP contribution in [0.4, 0.5) is 0 Å². The van der Waals surface area contributed by atoms with Crippen molar-refractivity contribution < 1.29 is 0 Å². The van der Waals surface area contributed by atoms with Crippen molar-refractivity contribution in [3.63, 3.8) is 0 Å². The molecule has 4 aromatic rings. The summed E-state index contributed by atoms with van der Waals surface area (Å²) in [5.41, 5.74) is 6.51. The van der Waals surface area contributed by atoms with Gasteiger partial charge in [0.2, 0.25) is 0 Å². The molecule has 2 N–H and O–H groups in total. The van der Waals surface area contributed by atoms with E-state index in [1.165, 1.54) is 42.1 Å². The van der Waals surface area contributed by atoms with Crippen LogP contribution in [0, 0.1) is 6.92 Å². The number of imidazole rings is 1. The first-order valence-corrected chi connectivity index (χ1v) is 9.81. The predicted octanol–water partition coefficient (Wildman–Crippen LogP) is 4.79. The molecule has 1 aliphatic carbocycles. The van der Waals surface area contributed by atoms with Crippen LogP contribution >= 0.6 is 0 Å². The Kier molecular flexibility index (Phi) is 3.97. The van der Waals surface area contributed by atoms with Crippen LogP contribution in [-0.4, -0.2) is 37.9 Å². The zero-order valence-electron chi connectivity index (χ0n) is 15.9. The molecule has 0 bridgehead atoms. The summed E-state index contributed by atoms with van der Waals surface area (Å²) >= 11 is 0. The topological polar surface area (TPSA) is 60.6 Å². The summed E-state index contributed by atoms with van der Waals surface area (Å²) in [6, 6.07) is 11.6. The summed E-state index contributed by atoms with van der Waals surface area (Å²) in [4.78, 5) is 18.4. The van der Waals surface area contributed by atoms with E-state index < -0.39 is 0 Å². The summed E-state index contributed by atoms with van der Waals surface area (Å²) in [6.07, 6.45) is 7.25. The molecule has 1 saturated carbocycles. The van der Waals surface area contributed by atoms with E-state index in [0.29, 0.717) is 0 Å². The molecule has 0 unspecified atom stereocenters. The largest absolute Gasteiger partial charge is 0.354 e. The molecule has 0 spiro atoms. The summed E-state index contributed by atoms with van der Waals surface area (Å²) < 4.78 is 0. The van der Waals surface area contributed by atoms with Gasteiger partial charge in [0.05, 0.1) is 0 Å². The lowest BCUT2D eigenvalue weighted by Gasteiger charge is -2.24. The molecular weight excluding hydrogens is 334 g/mol. The number of rotatable bonds is 4. The van der Waals surface area contributed by atoms with E-state index in [4.69, 9.17) is 0 Å². The van der Waals surface area contributed by atoms with E-state index in [2.05, 4.69) is 56.1 Å². The Labute approximate surface area is 158 Å². The Balaban J connectivity index is 1.55. The summed E-state index contributed by atoms with van der Waals surface area (Å²) in [7, 11) is 2.27. The predicted molar refractivity (Wildman–Crippen MR) is 110 cm³/mol. The van der Waals surface area contributed by atoms with Gasteiger partial charge in [0, 0.05) is 40.9 Å². The molecule has 5 heteroatoms. The minimum absolute atomic E-state index is 0.727. The van der Waals surface area contributed by atoms with Gasteiger partial charge in [0.1, 0.15) is 11.3 Å². The fourth-order valence-electron chi connectivity index (χ4n) is 4.49. The molecule has 0 aliphatic heterocycles. The molecule has 0 atom stereocenters. The van der Waals surface area contributed by atoms with Crippen molar-refractivity contribution in [2.24, 2.45) is 0 Å². The van der Waals surface area contributed by atoms with Gasteiger partial charge in [-0.05, 0) is 50.6 Å². The molecule has 3 heterocycles. The second kappa shape index (κ2) is 6.50. The smallest absolute Gasteiger partial charge is 0.158 e. The lowest BCUT2D eigenvalue weighted by molar-refractivity contribution is 0.238. The van der Waals surface area contributed by atoms with Crippen molar-refractivity contribution in [1.82, 2.24) is 24.8 Å². The van der Waals surface area contributed by atoms with Crippen LogP contribution in [-0.2, 0) is 6.54 Å². The van der Waals surface area contributed by atoms with Gasteiger partial charge in [0.25, 0.3) is 0 Å². The number of benzene rings is 1. The number of aryl methyl sites for hydroxylation is 1. The van der Waals surface area contributed by atoms with Crippen LogP contribution in [0.1, 0.15) is 37.1 Å². The zero-order chi connectivity index (χ0) is 18.4. The van der Waals surface area contributed by atoms with Crippen LogP contribution in [0.25, 0.3) is 33.3 Å². The number of nitrogens with zero attached hydrogens (tertiary/aromatic N) is 3. The molecule has 0 radical (unpaired) electrons. The van der Waals surface area contributed by atoms with E-state index in [1.807, 2.05) is 19.2 Å². The molecular formula is C22H25N5. The van der Waals surface area contributed by atoms with Crippen molar-refractivity contribution in [2.45, 2.75) is 45.2 Å². The van der Waals surface area contributed by atoms with Crippen LogP contribution in [0.3, 0.4) is 0 Å². The van der Waals surface area contributed by atoms with Crippen molar-refractivity contribution >= 4 is 22.1 Å². The fraction of sp³-hybridized carbons (Fsp3) is 0.364. The molecule has 1 aliphatic rings. The first kappa shape index (κ1) is 16.5. The highest BCUT2D eigenvalue weighted by molar-refractivity contribution is 5.94. The Morgan fingerprint density at radius 3 is 2.85 bits per heavy atom. The summed E-state index contributed by atoms with van der Waals surface area (Å²) in [5, 5.41) is 1.30. The zero-order valence-corrected chi connectivity index (χ0v) is 15.9. The van der Waals surface area contributed by atoms with Crippen molar-refractivity contribution in [1.29, 1.82) is 0 Å². The highest BCUT2D eigenvalue weighted by atomic mass is 15.1. The Morgan fingerprint density at radius 1 is 1.15 bits per heavy atom. The third kappa shape index (κ3) is 2.92. The highest BCUT2D eigenvalue weighted by Gasteiger charge is 2.20. The lowest BCUT2D eigenvalue weighted by Crippen LogP contribution is -2.28. The van der Waals surface area contributed by atoms with E-state index in [1.54, 1.807) is 0 Å². The van der Waals surface area contributed by atoms with Crippen LogP contribution in [0.5, 0.6) is 0 Å². The normalized spacial score (nSPS) is 15.5. The van der Waals surface area contributed by atoms with E-state index in [-0.39, 0.29) is 0 Å². The monoisotopic (exact) mass is 359 g/mol. The highest BCUT2D eigenvalue weighted by Crippen LogP contribution is 2.31. The Morgan fingerprint density at radius 2 is 2.00 bits per heavy atom. The van der Waals surface area contributed by atoms with Gasteiger partial charge in [-0.1, -0.05) is 25.0 Å². The van der Waals surface area contributed by atoms with E-state index in [0.717, 1.165) is 40.8 Å². The van der Waals surface area contributed by atoms with Crippen LogP contribution < -0.4 is 0 Å². The van der Waals surface area contributed by atoms with Gasteiger partial charge in [-0.25, -0.2) is 9.97 Å². The first-order chi connectivity index (χ1) is 13.2. The Hall–Kier alpha value is -2.66. The Bertz CT molecular complexity index is 1100. The first-order valence-electron chi connectivity index (χ1n) is 9.81. The number of pyridine rings is 1. The van der Waals surface area contributed by atoms with E-state index in [9.17, 15) is 0 Å². The molecule has 0 amide bonds. The quantitative estimate of drug-likeness (QED) is 0.551. The van der Waals surface area contributed by atoms with Gasteiger partial charge < -0.3 is 9.97 Å². The number of aromatic amines is 2. The number of aromatic nitrogens is 4. The molecule has 5 nitrogen and oxygen atoms in total. The summed E-state index contributed by atoms with van der Waals surface area (Å²) in [6.45, 7) is 2.96. The van der Waals surface area contributed by atoms with Crippen molar-refractivity contribution in [2.75, 3.05) is 7.05 Å². The molecule has 0 saturated heterocycles. The fourth-order valence-corrected chi connectivity index (χ4v) is 4.49. The SMILES string of the molecule is Cc1nc2c(-c3cc4c(CN(C)C5CCCC5)cccc4[nH]3)ccnc2[nH]1. The van der Waals surface area contributed by atoms with Gasteiger partial charge in [-0.3, -0.25) is 4.90 Å². The third-order valence-corrected chi connectivity index (χ3v) is 5.92. The average Bonchev–Trinajstić information content (AvgIpc) is 3.39. The van der Waals surface area contributed by atoms with Gasteiger partial charge in [0.15, 0.2) is 5.65 Å². The van der Waals surface area contributed by atoms with E-state index >= 15 is 0 Å². The third-order valence-electron chi connectivity index (χ3n) is 5.92. The molecule has 5 rings (SSSR count). The van der Waals surface area contributed by atoms with Crippen molar-refractivity contribution in [3.05, 3.63) is 47.9 Å². The van der Waals surface area contributed by atoms with Gasteiger partial charge in [-0.15, -0.1) is 0 Å². The van der Waals surface area contributed by atoms with Gasteiger partial charge in [-0.2, -0.15) is 0 Å². The minimum Gasteiger partial charge on any atom is -0.354 e. The maximum atomic E-state index is 4.64.